The molecule has 0 aliphatic carbocycles. The van der Waals surface area contributed by atoms with Gasteiger partial charge in [0.1, 0.15) is 16.6 Å². The van der Waals surface area contributed by atoms with Gasteiger partial charge in [0.15, 0.2) is 5.69 Å². The van der Waals surface area contributed by atoms with Gasteiger partial charge in [-0.3, -0.25) is 9.59 Å². The van der Waals surface area contributed by atoms with Crippen molar-refractivity contribution in [2.24, 2.45) is 5.92 Å². The van der Waals surface area contributed by atoms with Crippen LogP contribution in [-0.2, 0) is 16.1 Å². The first-order chi connectivity index (χ1) is 12.3. The Labute approximate surface area is 150 Å². The average molecular weight is 381 g/mol. The number of thiazole rings is 1. The molecule has 10 heteroatoms. The molecule has 26 heavy (non-hydrogen) atoms. The molecule has 2 amide bonds. The van der Waals surface area contributed by atoms with Crippen molar-refractivity contribution in [3.8, 4) is 0 Å². The standard InChI is InChI=1S/C16H13F2N3O4S/c17-9-1-2-12(10(18)4-9)21-6-8(3-14(21)22)15(23)19-5-13-20-11(7-26-13)16(24)25/h1-2,4,7-8H,3,5-6H2,(H,19,23)(H,24,25)/t8-/m0/s1. The van der Waals surface area contributed by atoms with Crippen molar-refractivity contribution in [3.05, 3.63) is 45.9 Å². The maximum Gasteiger partial charge on any atom is 0.355 e. The third kappa shape index (κ3) is 3.69. The molecule has 1 aromatic heterocycles. The first-order valence-corrected chi connectivity index (χ1v) is 8.44. The number of amides is 2. The highest BCUT2D eigenvalue weighted by Gasteiger charge is 2.36. The fourth-order valence-corrected chi connectivity index (χ4v) is 3.32. The summed E-state index contributed by atoms with van der Waals surface area (Å²) in [7, 11) is 0. The second-order valence-electron chi connectivity index (χ2n) is 5.65. The molecule has 1 aliphatic rings. The third-order valence-electron chi connectivity index (χ3n) is 3.88. The van der Waals surface area contributed by atoms with Gasteiger partial charge in [0.25, 0.3) is 0 Å². The van der Waals surface area contributed by atoms with E-state index in [4.69, 9.17) is 5.11 Å². The Balaban J connectivity index is 1.62. The van der Waals surface area contributed by atoms with Crippen LogP contribution in [0.25, 0.3) is 0 Å². The van der Waals surface area contributed by atoms with Crippen LogP contribution in [0.2, 0.25) is 0 Å². The second-order valence-corrected chi connectivity index (χ2v) is 6.59. The zero-order chi connectivity index (χ0) is 18.8. The van der Waals surface area contributed by atoms with Crippen molar-refractivity contribution in [2.75, 3.05) is 11.4 Å². The number of carboxylic acids is 1. The molecule has 0 unspecified atom stereocenters. The molecule has 1 saturated heterocycles. The van der Waals surface area contributed by atoms with Gasteiger partial charge >= 0.3 is 5.97 Å². The normalized spacial score (nSPS) is 16.8. The summed E-state index contributed by atoms with van der Waals surface area (Å²) in [5.41, 5.74) is -0.175. The van der Waals surface area contributed by atoms with E-state index in [0.717, 1.165) is 28.4 Å². The third-order valence-corrected chi connectivity index (χ3v) is 4.73. The lowest BCUT2D eigenvalue weighted by Gasteiger charge is -2.17. The van der Waals surface area contributed by atoms with Crippen LogP contribution in [0.5, 0.6) is 0 Å². The predicted octanol–water partition coefficient (Wildman–Crippen LogP) is 1.79. The SMILES string of the molecule is O=C(O)c1csc(CNC(=O)[C@H]2CC(=O)N(c3ccc(F)cc3F)C2)n1. The Hall–Kier alpha value is -2.88. The molecule has 1 aliphatic heterocycles. The van der Waals surface area contributed by atoms with Gasteiger partial charge in [-0.05, 0) is 12.1 Å². The fraction of sp³-hybridized carbons (Fsp3) is 0.250. The minimum atomic E-state index is -1.16. The summed E-state index contributed by atoms with van der Waals surface area (Å²) in [6, 6.07) is 2.88. The van der Waals surface area contributed by atoms with Gasteiger partial charge in [0.05, 0.1) is 18.2 Å². The molecule has 136 valence electrons. The molecule has 2 N–H and O–H groups in total. The highest BCUT2D eigenvalue weighted by atomic mass is 32.1. The molecule has 3 rings (SSSR count). The highest BCUT2D eigenvalue weighted by molar-refractivity contribution is 7.09. The Morgan fingerprint density at radius 3 is 2.81 bits per heavy atom. The van der Waals surface area contributed by atoms with E-state index < -0.39 is 35.3 Å². The number of carboxylic acid groups (broad SMARTS) is 1. The number of halogens is 2. The molecular weight excluding hydrogens is 368 g/mol. The van der Waals surface area contributed by atoms with Crippen LogP contribution in [0.4, 0.5) is 14.5 Å². The minimum Gasteiger partial charge on any atom is -0.476 e. The number of hydrogen-bond acceptors (Lipinski definition) is 5. The van der Waals surface area contributed by atoms with E-state index in [-0.39, 0.29) is 30.9 Å². The van der Waals surface area contributed by atoms with E-state index in [1.54, 1.807) is 0 Å². The van der Waals surface area contributed by atoms with Crippen LogP contribution in [0.15, 0.2) is 23.6 Å². The molecular formula is C16H13F2N3O4S. The summed E-state index contributed by atoms with van der Waals surface area (Å²) in [4.78, 5) is 40.1. The number of nitrogens with one attached hydrogen (secondary N) is 1. The zero-order valence-corrected chi connectivity index (χ0v) is 14.1. The van der Waals surface area contributed by atoms with Gasteiger partial charge in [0, 0.05) is 24.4 Å². The predicted molar refractivity (Wildman–Crippen MR) is 87.7 cm³/mol. The molecule has 2 heterocycles. The van der Waals surface area contributed by atoms with Crippen molar-refractivity contribution in [2.45, 2.75) is 13.0 Å². The van der Waals surface area contributed by atoms with E-state index in [2.05, 4.69) is 10.3 Å². The molecule has 0 saturated carbocycles. The van der Waals surface area contributed by atoms with Gasteiger partial charge in [-0.25, -0.2) is 18.6 Å². The molecule has 0 bridgehead atoms. The van der Waals surface area contributed by atoms with Crippen molar-refractivity contribution < 1.29 is 28.3 Å². The van der Waals surface area contributed by atoms with E-state index in [9.17, 15) is 23.2 Å². The summed E-state index contributed by atoms with van der Waals surface area (Å²) >= 11 is 1.09. The van der Waals surface area contributed by atoms with Crippen molar-refractivity contribution in [1.82, 2.24) is 10.3 Å². The van der Waals surface area contributed by atoms with Crippen LogP contribution < -0.4 is 10.2 Å². The number of benzene rings is 1. The van der Waals surface area contributed by atoms with Gasteiger partial charge in [0.2, 0.25) is 11.8 Å². The molecule has 2 aromatic rings. The van der Waals surface area contributed by atoms with Crippen LogP contribution >= 0.6 is 11.3 Å². The first kappa shape index (κ1) is 17.9. The van der Waals surface area contributed by atoms with E-state index in [1.165, 1.54) is 5.38 Å². The Kier molecular flexibility index (Phi) is 4.94. The number of nitrogens with zero attached hydrogens (tertiary/aromatic N) is 2. The Morgan fingerprint density at radius 1 is 1.38 bits per heavy atom. The summed E-state index contributed by atoms with van der Waals surface area (Å²) in [5, 5.41) is 13.2. The number of carbonyl (C=O) groups is 3. The molecule has 1 fully saturated rings. The number of anilines is 1. The summed E-state index contributed by atoms with van der Waals surface area (Å²) in [5.74, 6) is -4.32. The monoisotopic (exact) mass is 381 g/mol. The van der Waals surface area contributed by atoms with Crippen molar-refractivity contribution in [1.29, 1.82) is 0 Å². The summed E-state index contributed by atoms with van der Waals surface area (Å²) < 4.78 is 26.9. The Morgan fingerprint density at radius 2 is 2.15 bits per heavy atom. The maximum absolute atomic E-state index is 13.9. The average Bonchev–Trinajstić information content (AvgIpc) is 3.20. The minimum absolute atomic E-state index is 0.0224. The number of carbonyl (C=O) groups excluding carboxylic acids is 2. The van der Waals surface area contributed by atoms with Gasteiger partial charge in [-0.15, -0.1) is 11.3 Å². The van der Waals surface area contributed by atoms with Crippen LogP contribution in [0, 0.1) is 17.6 Å². The summed E-state index contributed by atoms with van der Waals surface area (Å²) in [6.45, 7) is 0.0117. The van der Waals surface area contributed by atoms with Gasteiger partial charge in [-0.1, -0.05) is 0 Å². The maximum atomic E-state index is 13.9. The smallest absolute Gasteiger partial charge is 0.355 e. The fourth-order valence-electron chi connectivity index (χ4n) is 2.61. The highest BCUT2D eigenvalue weighted by Crippen LogP contribution is 2.28. The van der Waals surface area contributed by atoms with Crippen LogP contribution in [0.3, 0.4) is 0 Å². The first-order valence-electron chi connectivity index (χ1n) is 7.56. The lowest BCUT2D eigenvalue weighted by atomic mass is 10.1. The quantitative estimate of drug-likeness (QED) is 0.823. The lowest BCUT2D eigenvalue weighted by Crippen LogP contribution is -2.32. The number of aromatic carboxylic acids is 1. The molecule has 1 aromatic carbocycles. The van der Waals surface area contributed by atoms with Gasteiger partial charge in [-0.2, -0.15) is 0 Å². The van der Waals surface area contributed by atoms with Crippen molar-refractivity contribution >= 4 is 34.8 Å². The van der Waals surface area contributed by atoms with E-state index >= 15 is 0 Å². The van der Waals surface area contributed by atoms with Crippen LogP contribution in [0.1, 0.15) is 21.9 Å². The zero-order valence-electron chi connectivity index (χ0n) is 13.2. The van der Waals surface area contributed by atoms with Crippen molar-refractivity contribution in [3.63, 3.8) is 0 Å². The molecule has 1 atom stereocenters. The molecule has 7 nitrogen and oxygen atoms in total. The van der Waals surface area contributed by atoms with Gasteiger partial charge < -0.3 is 15.3 Å². The summed E-state index contributed by atoms with van der Waals surface area (Å²) in [6.07, 6.45) is -0.0963. The molecule has 0 radical (unpaired) electrons. The van der Waals surface area contributed by atoms with Crippen LogP contribution in [-0.4, -0.2) is 34.4 Å². The number of aromatic nitrogens is 1. The molecule has 0 spiro atoms. The van der Waals surface area contributed by atoms with E-state index in [0.29, 0.717) is 11.1 Å². The lowest BCUT2D eigenvalue weighted by molar-refractivity contribution is -0.126. The van der Waals surface area contributed by atoms with E-state index in [1.807, 2.05) is 0 Å². The Bertz CT molecular complexity index is 886. The topological polar surface area (TPSA) is 99.6 Å². The largest absolute Gasteiger partial charge is 0.476 e. The number of rotatable bonds is 5. The number of hydrogen-bond donors (Lipinski definition) is 2. The second kappa shape index (κ2) is 7.16.